The lowest BCUT2D eigenvalue weighted by molar-refractivity contribution is -0.384. The van der Waals surface area contributed by atoms with E-state index in [0.717, 1.165) is 29.5 Å². The molecule has 1 heterocycles. The maximum Gasteiger partial charge on any atom is 0.270 e. The van der Waals surface area contributed by atoms with Gasteiger partial charge >= 0.3 is 0 Å². The van der Waals surface area contributed by atoms with Gasteiger partial charge in [-0.15, -0.1) is 0 Å². The Bertz CT molecular complexity index is 459. The first-order valence-electron chi connectivity index (χ1n) is 5.89. The molecule has 0 aromatic heterocycles. The van der Waals surface area contributed by atoms with Crippen molar-refractivity contribution in [1.82, 2.24) is 10.6 Å². The summed E-state index contributed by atoms with van der Waals surface area (Å²) in [5, 5.41) is 17.5. The first-order chi connectivity index (χ1) is 8.50. The Morgan fingerprint density at radius 1 is 1.61 bits per heavy atom. The first-order valence-corrected chi connectivity index (χ1v) is 6.68. The second-order valence-corrected chi connectivity index (χ2v) is 5.73. The maximum atomic E-state index is 10.6. The number of hydrogen-bond acceptors (Lipinski definition) is 4. The van der Waals surface area contributed by atoms with Crippen molar-refractivity contribution in [3.05, 3.63) is 38.3 Å². The molecule has 6 heteroatoms. The highest BCUT2D eigenvalue weighted by atomic mass is 79.9. The molecule has 1 saturated heterocycles. The summed E-state index contributed by atoms with van der Waals surface area (Å²) in [6.45, 7) is 4.88. The summed E-state index contributed by atoms with van der Waals surface area (Å²) in [6.07, 6.45) is 1.09. The van der Waals surface area contributed by atoms with E-state index in [9.17, 15) is 10.1 Å². The van der Waals surface area contributed by atoms with Crippen molar-refractivity contribution in [2.45, 2.75) is 25.4 Å². The number of nitrogens with one attached hydrogen (secondary N) is 2. The molecule has 1 unspecified atom stereocenters. The molecule has 1 aromatic rings. The topological polar surface area (TPSA) is 67.2 Å². The van der Waals surface area contributed by atoms with Gasteiger partial charge in [0.15, 0.2) is 0 Å². The van der Waals surface area contributed by atoms with Crippen LogP contribution < -0.4 is 10.6 Å². The summed E-state index contributed by atoms with van der Waals surface area (Å²) in [7, 11) is 0. The number of halogens is 1. The van der Waals surface area contributed by atoms with Crippen molar-refractivity contribution >= 4 is 21.6 Å². The number of hydrogen-bond donors (Lipinski definition) is 2. The third-order valence-corrected chi connectivity index (χ3v) is 4.06. The van der Waals surface area contributed by atoms with Gasteiger partial charge in [0.25, 0.3) is 5.69 Å². The fraction of sp³-hybridized carbons (Fsp3) is 0.500. The van der Waals surface area contributed by atoms with E-state index in [-0.39, 0.29) is 16.1 Å². The lowest BCUT2D eigenvalue weighted by Crippen LogP contribution is -2.43. The Labute approximate surface area is 114 Å². The van der Waals surface area contributed by atoms with Crippen molar-refractivity contribution in [2.75, 3.05) is 13.1 Å². The average Bonchev–Trinajstić information content (AvgIpc) is 2.75. The first kappa shape index (κ1) is 13.5. The Balaban J connectivity index is 2.03. The predicted octanol–water partition coefficient (Wildman–Crippen LogP) is 2.20. The van der Waals surface area contributed by atoms with Gasteiger partial charge in [-0.05, 0) is 31.5 Å². The van der Waals surface area contributed by atoms with Crippen LogP contribution in [0.5, 0.6) is 0 Å². The van der Waals surface area contributed by atoms with Gasteiger partial charge in [-0.3, -0.25) is 10.1 Å². The number of nitrogens with zero attached hydrogens (tertiary/aromatic N) is 1. The van der Waals surface area contributed by atoms with Crippen molar-refractivity contribution < 1.29 is 4.92 Å². The zero-order chi connectivity index (χ0) is 13.2. The standard InChI is InChI=1S/C12H16BrN3O2/c1-12(4-5-14-8-12)15-7-9-2-3-10(16(17)18)6-11(9)13/h2-3,6,14-15H,4-5,7-8H2,1H3. The zero-order valence-electron chi connectivity index (χ0n) is 10.2. The third-order valence-electron chi connectivity index (χ3n) is 3.32. The van der Waals surface area contributed by atoms with Crippen LogP contribution in [0.2, 0.25) is 0 Å². The van der Waals surface area contributed by atoms with Crippen molar-refractivity contribution in [3.63, 3.8) is 0 Å². The highest BCUT2D eigenvalue weighted by Crippen LogP contribution is 2.24. The molecule has 2 N–H and O–H groups in total. The quantitative estimate of drug-likeness (QED) is 0.660. The largest absolute Gasteiger partial charge is 0.315 e. The molecule has 0 aliphatic carbocycles. The molecule has 0 amide bonds. The fourth-order valence-electron chi connectivity index (χ4n) is 2.07. The summed E-state index contributed by atoms with van der Waals surface area (Å²) < 4.78 is 0.777. The van der Waals surface area contributed by atoms with Crippen LogP contribution in [0.4, 0.5) is 5.69 Å². The van der Waals surface area contributed by atoms with Gasteiger partial charge in [0, 0.05) is 35.2 Å². The van der Waals surface area contributed by atoms with E-state index in [1.807, 2.05) is 0 Å². The van der Waals surface area contributed by atoms with Crippen LogP contribution >= 0.6 is 15.9 Å². The fourth-order valence-corrected chi connectivity index (χ4v) is 2.58. The zero-order valence-corrected chi connectivity index (χ0v) is 11.8. The molecule has 0 saturated carbocycles. The van der Waals surface area contributed by atoms with Crippen LogP contribution in [0.1, 0.15) is 18.9 Å². The van der Waals surface area contributed by atoms with Crippen molar-refractivity contribution in [1.29, 1.82) is 0 Å². The van der Waals surface area contributed by atoms with E-state index >= 15 is 0 Å². The minimum Gasteiger partial charge on any atom is -0.315 e. The van der Waals surface area contributed by atoms with Crippen molar-refractivity contribution in [2.24, 2.45) is 0 Å². The SMILES string of the molecule is CC1(NCc2ccc([N+](=O)[O-])cc2Br)CCNC1. The predicted molar refractivity (Wildman–Crippen MR) is 73.5 cm³/mol. The Kier molecular flexibility index (Phi) is 3.99. The molecule has 18 heavy (non-hydrogen) atoms. The molecular weight excluding hydrogens is 298 g/mol. The molecule has 0 spiro atoms. The third kappa shape index (κ3) is 3.07. The maximum absolute atomic E-state index is 10.6. The van der Waals surface area contributed by atoms with Gasteiger partial charge in [0.05, 0.1) is 4.92 Å². The smallest absolute Gasteiger partial charge is 0.270 e. The number of nitro benzene ring substituents is 1. The second kappa shape index (κ2) is 5.34. The minimum absolute atomic E-state index is 0.111. The molecular formula is C12H16BrN3O2. The average molecular weight is 314 g/mol. The second-order valence-electron chi connectivity index (χ2n) is 4.87. The van der Waals surface area contributed by atoms with Crippen LogP contribution in [0.15, 0.2) is 22.7 Å². The summed E-state index contributed by atoms with van der Waals surface area (Å²) in [6, 6.07) is 4.88. The molecule has 2 rings (SSSR count). The number of benzene rings is 1. The van der Waals surface area contributed by atoms with Gasteiger partial charge in [-0.25, -0.2) is 0 Å². The number of rotatable bonds is 4. The molecule has 1 atom stereocenters. The van der Waals surface area contributed by atoms with Crippen LogP contribution in [0, 0.1) is 10.1 Å². The van der Waals surface area contributed by atoms with E-state index in [1.165, 1.54) is 6.07 Å². The molecule has 1 aliphatic heterocycles. The summed E-state index contributed by atoms with van der Waals surface area (Å²) in [5.74, 6) is 0. The van der Waals surface area contributed by atoms with Crippen LogP contribution in [-0.4, -0.2) is 23.6 Å². The molecule has 0 bridgehead atoms. The molecule has 98 valence electrons. The van der Waals surface area contributed by atoms with Crippen LogP contribution in [0.3, 0.4) is 0 Å². The highest BCUT2D eigenvalue weighted by molar-refractivity contribution is 9.10. The number of non-ortho nitro benzene ring substituents is 1. The summed E-state index contributed by atoms with van der Waals surface area (Å²) >= 11 is 3.38. The molecule has 5 nitrogen and oxygen atoms in total. The monoisotopic (exact) mass is 313 g/mol. The van der Waals surface area contributed by atoms with E-state index in [1.54, 1.807) is 12.1 Å². The molecule has 1 fully saturated rings. The van der Waals surface area contributed by atoms with E-state index in [0.29, 0.717) is 6.54 Å². The molecule has 1 aliphatic rings. The number of nitro groups is 1. The lowest BCUT2D eigenvalue weighted by atomic mass is 10.0. The normalized spacial score (nSPS) is 23.2. The Morgan fingerprint density at radius 3 is 2.94 bits per heavy atom. The Morgan fingerprint density at radius 2 is 2.39 bits per heavy atom. The molecule has 1 aromatic carbocycles. The minimum atomic E-state index is -0.385. The Hall–Kier alpha value is -0.980. The van der Waals surface area contributed by atoms with Crippen LogP contribution in [0.25, 0.3) is 0 Å². The van der Waals surface area contributed by atoms with Gasteiger partial charge in [0.1, 0.15) is 0 Å². The summed E-state index contributed by atoms with van der Waals surface area (Å²) in [4.78, 5) is 10.3. The van der Waals surface area contributed by atoms with Gasteiger partial charge < -0.3 is 10.6 Å². The van der Waals surface area contributed by atoms with Crippen LogP contribution in [-0.2, 0) is 6.54 Å². The lowest BCUT2D eigenvalue weighted by Gasteiger charge is -2.24. The van der Waals surface area contributed by atoms with Crippen molar-refractivity contribution in [3.8, 4) is 0 Å². The van der Waals surface area contributed by atoms with Gasteiger partial charge in [-0.2, -0.15) is 0 Å². The van der Waals surface area contributed by atoms with E-state index in [4.69, 9.17) is 0 Å². The van der Waals surface area contributed by atoms with E-state index < -0.39 is 0 Å². The summed E-state index contributed by atoms with van der Waals surface area (Å²) in [5.41, 5.74) is 1.26. The van der Waals surface area contributed by atoms with Gasteiger partial charge in [0.2, 0.25) is 0 Å². The van der Waals surface area contributed by atoms with Gasteiger partial charge in [-0.1, -0.05) is 15.9 Å². The van der Waals surface area contributed by atoms with E-state index in [2.05, 4.69) is 33.5 Å². The highest BCUT2D eigenvalue weighted by Gasteiger charge is 2.27. The molecule has 0 radical (unpaired) electrons.